The molecule has 3 atom stereocenters. The molecule has 3 N–H and O–H groups in total. The largest absolute Gasteiger partial charge is 0.348 e. The predicted octanol–water partition coefficient (Wildman–Crippen LogP) is 2.79. The van der Waals surface area contributed by atoms with Gasteiger partial charge in [0.05, 0.1) is 0 Å². The minimum atomic E-state index is 0.233. The molecule has 3 rings (SSSR count). The van der Waals surface area contributed by atoms with E-state index >= 15 is 0 Å². The van der Waals surface area contributed by atoms with Crippen molar-refractivity contribution in [1.82, 2.24) is 9.97 Å². The van der Waals surface area contributed by atoms with Crippen LogP contribution < -0.4 is 5.73 Å². The number of aromatic nitrogens is 2. The quantitative estimate of drug-likeness (QED) is 0.849. The number of hydrogen-bond acceptors (Lipinski definition) is 2. The van der Waals surface area contributed by atoms with E-state index in [1.807, 2.05) is 12.4 Å². The lowest BCUT2D eigenvalue weighted by Gasteiger charge is -2.35. The number of nitrogens with two attached hydrogens (primary N) is 1. The molecular formula is C15H19N3. The Kier molecular flexibility index (Phi) is 3.15. The fourth-order valence-electron chi connectivity index (χ4n) is 3.17. The molecule has 94 valence electrons. The topological polar surface area (TPSA) is 54.7 Å². The van der Waals surface area contributed by atoms with E-state index in [0.717, 1.165) is 12.2 Å². The molecule has 0 aliphatic heterocycles. The van der Waals surface area contributed by atoms with Gasteiger partial charge in [0.25, 0.3) is 0 Å². The summed E-state index contributed by atoms with van der Waals surface area (Å²) in [6.07, 6.45) is 7.20. The minimum absolute atomic E-state index is 0.233. The lowest BCUT2D eigenvalue weighted by Crippen LogP contribution is -2.36. The molecule has 1 aliphatic carbocycles. The van der Waals surface area contributed by atoms with Gasteiger partial charge < -0.3 is 10.7 Å². The highest BCUT2D eigenvalue weighted by Gasteiger charge is 2.34. The van der Waals surface area contributed by atoms with Crippen LogP contribution in [0.25, 0.3) is 0 Å². The summed E-state index contributed by atoms with van der Waals surface area (Å²) in [6, 6.07) is 10.8. The van der Waals surface area contributed by atoms with E-state index < -0.39 is 0 Å². The van der Waals surface area contributed by atoms with Gasteiger partial charge in [0.1, 0.15) is 5.82 Å². The Hall–Kier alpha value is -1.61. The van der Waals surface area contributed by atoms with Crippen LogP contribution in [0.3, 0.4) is 0 Å². The molecule has 1 aromatic carbocycles. The van der Waals surface area contributed by atoms with Gasteiger partial charge >= 0.3 is 0 Å². The second-order valence-electron chi connectivity index (χ2n) is 5.11. The Bertz CT molecular complexity index is 478. The summed E-state index contributed by atoms with van der Waals surface area (Å²) in [5, 5.41) is 0. The first-order valence-corrected chi connectivity index (χ1v) is 6.66. The Morgan fingerprint density at radius 1 is 1.17 bits per heavy atom. The first-order chi connectivity index (χ1) is 8.86. The van der Waals surface area contributed by atoms with Crippen LogP contribution in [0.4, 0.5) is 0 Å². The Labute approximate surface area is 107 Å². The Morgan fingerprint density at radius 3 is 2.72 bits per heavy atom. The molecule has 3 unspecified atom stereocenters. The molecule has 3 heteroatoms. The summed E-state index contributed by atoms with van der Waals surface area (Å²) in [5.74, 6) is 1.89. The molecule has 1 saturated carbocycles. The van der Waals surface area contributed by atoms with Gasteiger partial charge in [-0.2, -0.15) is 0 Å². The van der Waals surface area contributed by atoms with E-state index in [2.05, 4.69) is 40.3 Å². The van der Waals surface area contributed by atoms with Crippen molar-refractivity contribution in [1.29, 1.82) is 0 Å². The molecule has 18 heavy (non-hydrogen) atoms. The molecule has 1 aromatic heterocycles. The highest BCUT2D eigenvalue weighted by atomic mass is 14.9. The molecule has 0 bridgehead atoms. The average Bonchev–Trinajstić information content (AvgIpc) is 2.93. The number of H-pyrrole nitrogens is 1. The second kappa shape index (κ2) is 4.94. The fraction of sp³-hybridized carbons (Fsp3) is 0.400. The standard InChI is InChI=1S/C15H19N3/c16-13-8-4-7-12(15-17-9-10-18-15)14(13)11-5-2-1-3-6-11/h1-3,5-6,9-10,12-14H,4,7-8,16H2,(H,17,18). The summed E-state index contributed by atoms with van der Waals surface area (Å²) in [6.45, 7) is 0. The molecule has 0 saturated heterocycles. The van der Waals surface area contributed by atoms with Crippen molar-refractivity contribution in [3.05, 3.63) is 54.1 Å². The van der Waals surface area contributed by atoms with Crippen molar-refractivity contribution >= 4 is 0 Å². The highest BCUT2D eigenvalue weighted by molar-refractivity contribution is 5.26. The van der Waals surface area contributed by atoms with Crippen molar-refractivity contribution in [2.45, 2.75) is 37.1 Å². The minimum Gasteiger partial charge on any atom is -0.348 e. The lowest BCUT2D eigenvalue weighted by atomic mass is 9.72. The number of hydrogen-bond donors (Lipinski definition) is 2. The molecule has 1 aliphatic rings. The number of rotatable bonds is 2. The lowest BCUT2D eigenvalue weighted by molar-refractivity contribution is 0.330. The number of nitrogens with one attached hydrogen (secondary N) is 1. The van der Waals surface area contributed by atoms with E-state index in [1.54, 1.807) is 0 Å². The second-order valence-corrected chi connectivity index (χ2v) is 5.11. The van der Waals surface area contributed by atoms with Gasteiger partial charge in [-0.25, -0.2) is 4.98 Å². The van der Waals surface area contributed by atoms with Gasteiger partial charge in [-0.15, -0.1) is 0 Å². The van der Waals surface area contributed by atoms with Crippen LogP contribution in [0.15, 0.2) is 42.7 Å². The third-order valence-corrected chi connectivity index (χ3v) is 4.00. The van der Waals surface area contributed by atoms with Gasteiger partial charge in [0, 0.05) is 30.3 Å². The summed E-state index contributed by atoms with van der Waals surface area (Å²) in [7, 11) is 0. The van der Waals surface area contributed by atoms with Crippen LogP contribution in [0, 0.1) is 0 Å². The Balaban J connectivity index is 1.96. The number of benzene rings is 1. The predicted molar refractivity (Wildman–Crippen MR) is 72.3 cm³/mol. The number of imidazole rings is 1. The fourth-order valence-corrected chi connectivity index (χ4v) is 3.17. The van der Waals surface area contributed by atoms with Gasteiger partial charge in [0.15, 0.2) is 0 Å². The van der Waals surface area contributed by atoms with Gasteiger partial charge in [-0.1, -0.05) is 36.8 Å². The van der Waals surface area contributed by atoms with Crippen LogP contribution >= 0.6 is 0 Å². The zero-order chi connectivity index (χ0) is 12.4. The van der Waals surface area contributed by atoms with Crippen molar-refractivity contribution < 1.29 is 0 Å². The zero-order valence-electron chi connectivity index (χ0n) is 10.4. The van der Waals surface area contributed by atoms with Crippen molar-refractivity contribution in [3.63, 3.8) is 0 Å². The average molecular weight is 241 g/mol. The van der Waals surface area contributed by atoms with Crippen LogP contribution in [0.2, 0.25) is 0 Å². The summed E-state index contributed by atoms with van der Waals surface area (Å²) >= 11 is 0. The molecule has 3 nitrogen and oxygen atoms in total. The smallest absolute Gasteiger partial charge is 0.109 e. The van der Waals surface area contributed by atoms with Crippen LogP contribution in [0.5, 0.6) is 0 Å². The molecule has 1 heterocycles. The third-order valence-electron chi connectivity index (χ3n) is 4.00. The normalized spacial score (nSPS) is 28.2. The molecular weight excluding hydrogens is 222 g/mol. The van der Waals surface area contributed by atoms with Gasteiger partial charge in [-0.05, 0) is 18.4 Å². The number of aromatic amines is 1. The van der Waals surface area contributed by atoms with Crippen LogP contribution in [-0.4, -0.2) is 16.0 Å². The van der Waals surface area contributed by atoms with Gasteiger partial charge in [-0.3, -0.25) is 0 Å². The zero-order valence-corrected chi connectivity index (χ0v) is 10.4. The van der Waals surface area contributed by atoms with E-state index in [-0.39, 0.29) is 6.04 Å². The Morgan fingerprint density at radius 2 is 2.00 bits per heavy atom. The molecule has 2 aromatic rings. The monoisotopic (exact) mass is 241 g/mol. The van der Waals surface area contributed by atoms with E-state index in [9.17, 15) is 0 Å². The maximum absolute atomic E-state index is 6.37. The summed E-state index contributed by atoms with van der Waals surface area (Å²) in [4.78, 5) is 7.70. The molecule has 1 fully saturated rings. The van der Waals surface area contributed by atoms with Crippen molar-refractivity contribution in [2.24, 2.45) is 5.73 Å². The van der Waals surface area contributed by atoms with E-state index in [1.165, 1.54) is 18.4 Å². The van der Waals surface area contributed by atoms with E-state index in [0.29, 0.717) is 11.8 Å². The third kappa shape index (κ3) is 2.06. The maximum Gasteiger partial charge on any atom is 0.109 e. The molecule has 0 amide bonds. The summed E-state index contributed by atoms with van der Waals surface area (Å²) < 4.78 is 0. The molecule has 0 radical (unpaired) electrons. The SMILES string of the molecule is NC1CCCC(c2ncc[nH]2)C1c1ccccc1. The van der Waals surface area contributed by atoms with Crippen molar-refractivity contribution in [3.8, 4) is 0 Å². The first kappa shape index (κ1) is 11.5. The highest BCUT2D eigenvalue weighted by Crippen LogP contribution is 2.42. The van der Waals surface area contributed by atoms with E-state index in [4.69, 9.17) is 5.73 Å². The maximum atomic E-state index is 6.37. The summed E-state index contributed by atoms with van der Waals surface area (Å²) in [5.41, 5.74) is 7.70. The first-order valence-electron chi connectivity index (χ1n) is 6.66. The van der Waals surface area contributed by atoms with Crippen molar-refractivity contribution in [2.75, 3.05) is 0 Å². The van der Waals surface area contributed by atoms with Crippen LogP contribution in [0.1, 0.15) is 42.5 Å². The van der Waals surface area contributed by atoms with Gasteiger partial charge in [0.2, 0.25) is 0 Å². The number of nitrogens with zero attached hydrogens (tertiary/aromatic N) is 1. The van der Waals surface area contributed by atoms with Crippen LogP contribution in [-0.2, 0) is 0 Å². The molecule has 0 spiro atoms.